The van der Waals surface area contributed by atoms with Crippen LogP contribution in [-0.2, 0) is 6.42 Å². The first-order valence-electron chi connectivity index (χ1n) is 15.7. The molecule has 218 valence electrons. The van der Waals surface area contributed by atoms with Gasteiger partial charge in [-0.3, -0.25) is 0 Å². The third-order valence-electron chi connectivity index (χ3n) is 9.03. The maximum Gasteiger partial charge on any atom is 0.0624 e. The fourth-order valence-corrected chi connectivity index (χ4v) is 6.93. The summed E-state index contributed by atoms with van der Waals surface area (Å²) < 4.78 is 2.37. The highest BCUT2D eigenvalue weighted by Crippen LogP contribution is 2.40. The highest BCUT2D eigenvalue weighted by atomic mass is 15.0. The predicted molar refractivity (Wildman–Crippen MR) is 197 cm³/mol. The van der Waals surface area contributed by atoms with Crippen LogP contribution in [0.5, 0.6) is 0 Å². The van der Waals surface area contributed by atoms with Gasteiger partial charge in [-0.05, 0) is 68.1 Å². The lowest BCUT2D eigenvalue weighted by Crippen LogP contribution is -2.00. The molecular formula is C44H32N2. The molecule has 46 heavy (non-hydrogen) atoms. The van der Waals surface area contributed by atoms with E-state index in [1.54, 1.807) is 0 Å². The summed E-state index contributed by atoms with van der Waals surface area (Å²) in [5.41, 5.74) is 10.5. The second-order valence-corrected chi connectivity index (χ2v) is 11.7. The molecule has 1 heterocycles. The van der Waals surface area contributed by atoms with E-state index in [9.17, 15) is 5.41 Å². The predicted octanol–water partition coefficient (Wildman–Crippen LogP) is 11.4. The summed E-state index contributed by atoms with van der Waals surface area (Å²) in [5.74, 6) is 0. The van der Waals surface area contributed by atoms with Gasteiger partial charge in [-0.15, -0.1) is 0 Å². The van der Waals surface area contributed by atoms with E-state index < -0.39 is 0 Å². The third-order valence-corrected chi connectivity index (χ3v) is 9.03. The average Bonchev–Trinajstić information content (AvgIpc) is 3.22. The molecule has 7 aromatic rings. The van der Waals surface area contributed by atoms with Gasteiger partial charge in [-0.2, -0.15) is 0 Å². The van der Waals surface area contributed by atoms with E-state index in [0.29, 0.717) is 5.71 Å². The number of fused-ring (bicyclic) bond motifs is 5. The Labute approximate surface area is 269 Å². The van der Waals surface area contributed by atoms with E-state index in [0.717, 1.165) is 55.9 Å². The number of benzene rings is 6. The summed E-state index contributed by atoms with van der Waals surface area (Å²) in [6.07, 6.45) is 13.4. The van der Waals surface area contributed by atoms with E-state index in [4.69, 9.17) is 0 Å². The highest BCUT2D eigenvalue weighted by Gasteiger charge is 2.19. The molecule has 0 unspecified atom stereocenters. The van der Waals surface area contributed by atoms with Crippen LogP contribution in [0.4, 0.5) is 0 Å². The van der Waals surface area contributed by atoms with Crippen LogP contribution in [0.3, 0.4) is 0 Å². The average molecular weight is 589 g/mol. The van der Waals surface area contributed by atoms with Crippen molar-refractivity contribution >= 4 is 49.8 Å². The van der Waals surface area contributed by atoms with Crippen molar-refractivity contribution in [2.24, 2.45) is 0 Å². The molecule has 0 saturated heterocycles. The Kier molecular flexibility index (Phi) is 6.89. The van der Waals surface area contributed by atoms with E-state index in [1.165, 1.54) is 27.8 Å². The summed E-state index contributed by atoms with van der Waals surface area (Å²) >= 11 is 0. The number of nitrogens with zero attached hydrogens (tertiary/aromatic N) is 1. The largest absolute Gasteiger partial charge is 0.313 e. The SMILES string of the molecule is C=C(/C=C\C(=N)c1c2ccccc2c(-c2ccccc2)c2ccccc12)c1ccc2c3c(n(-c4ccccc4)c2c1)CC=CC=C3. The summed E-state index contributed by atoms with van der Waals surface area (Å²) in [6, 6.07) is 44.7. The van der Waals surface area contributed by atoms with Gasteiger partial charge in [0.1, 0.15) is 0 Å². The molecule has 0 bridgehead atoms. The van der Waals surface area contributed by atoms with Crippen molar-refractivity contribution in [2.75, 3.05) is 0 Å². The van der Waals surface area contributed by atoms with E-state index in [1.807, 2.05) is 12.2 Å². The Morgan fingerprint density at radius 2 is 1.28 bits per heavy atom. The smallest absolute Gasteiger partial charge is 0.0624 e. The molecule has 0 atom stereocenters. The van der Waals surface area contributed by atoms with Gasteiger partial charge in [0.25, 0.3) is 0 Å². The number of allylic oxidation sites excluding steroid dienone is 6. The van der Waals surface area contributed by atoms with Crippen molar-refractivity contribution in [3.05, 3.63) is 187 Å². The van der Waals surface area contributed by atoms with Crippen molar-refractivity contribution in [1.82, 2.24) is 4.57 Å². The van der Waals surface area contributed by atoms with Gasteiger partial charge in [0.15, 0.2) is 0 Å². The number of aromatic nitrogens is 1. The summed E-state index contributed by atoms with van der Waals surface area (Å²) in [4.78, 5) is 0. The van der Waals surface area contributed by atoms with Crippen molar-refractivity contribution in [2.45, 2.75) is 6.42 Å². The van der Waals surface area contributed by atoms with E-state index in [-0.39, 0.29) is 0 Å². The van der Waals surface area contributed by atoms with Crippen LogP contribution in [0.25, 0.3) is 60.9 Å². The van der Waals surface area contributed by atoms with E-state index >= 15 is 0 Å². The van der Waals surface area contributed by atoms with Gasteiger partial charge in [0, 0.05) is 34.3 Å². The molecule has 1 aromatic heterocycles. The Bertz CT molecular complexity index is 2340. The zero-order valence-electron chi connectivity index (χ0n) is 25.4. The second-order valence-electron chi connectivity index (χ2n) is 11.7. The molecule has 6 aromatic carbocycles. The van der Waals surface area contributed by atoms with E-state index in [2.05, 4.69) is 163 Å². The molecule has 1 aliphatic carbocycles. The first-order chi connectivity index (χ1) is 22.7. The molecule has 0 spiro atoms. The number of hydrogen-bond donors (Lipinski definition) is 1. The van der Waals surface area contributed by atoms with Gasteiger partial charge >= 0.3 is 0 Å². The number of rotatable bonds is 6. The molecule has 0 fully saturated rings. The molecule has 8 rings (SSSR count). The fraction of sp³-hybridized carbons (Fsp3) is 0.0227. The normalized spacial score (nSPS) is 12.6. The van der Waals surface area contributed by atoms with Gasteiger partial charge < -0.3 is 9.98 Å². The molecule has 0 radical (unpaired) electrons. The molecular weight excluding hydrogens is 556 g/mol. The minimum atomic E-state index is 0.463. The van der Waals surface area contributed by atoms with Crippen LogP contribution in [0, 0.1) is 5.41 Å². The lowest BCUT2D eigenvalue weighted by atomic mass is 9.86. The monoisotopic (exact) mass is 588 g/mol. The minimum absolute atomic E-state index is 0.463. The van der Waals surface area contributed by atoms with Crippen LogP contribution in [-0.4, -0.2) is 10.3 Å². The first-order valence-corrected chi connectivity index (χ1v) is 15.7. The van der Waals surface area contributed by atoms with Crippen LogP contribution in [0.2, 0.25) is 0 Å². The topological polar surface area (TPSA) is 28.8 Å². The van der Waals surface area contributed by atoms with Crippen molar-refractivity contribution in [3.63, 3.8) is 0 Å². The number of hydrogen-bond acceptors (Lipinski definition) is 1. The Balaban J connectivity index is 1.22. The molecule has 0 aliphatic heterocycles. The van der Waals surface area contributed by atoms with Gasteiger partial charge in [0.2, 0.25) is 0 Å². The van der Waals surface area contributed by atoms with Crippen molar-refractivity contribution in [3.8, 4) is 16.8 Å². The minimum Gasteiger partial charge on any atom is -0.313 e. The lowest BCUT2D eigenvalue weighted by molar-refractivity contribution is 1.00. The third kappa shape index (κ3) is 4.63. The summed E-state index contributed by atoms with van der Waals surface area (Å²) in [5, 5.41) is 15.0. The summed E-state index contributed by atoms with van der Waals surface area (Å²) in [6.45, 7) is 4.46. The molecule has 1 aliphatic rings. The lowest BCUT2D eigenvalue weighted by Gasteiger charge is -2.17. The molecule has 2 nitrogen and oxygen atoms in total. The van der Waals surface area contributed by atoms with Crippen LogP contribution in [0.15, 0.2) is 164 Å². The van der Waals surface area contributed by atoms with Crippen molar-refractivity contribution in [1.29, 1.82) is 5.41 Å². The van der Waals surface area contributed by atoms with Gasteiger partial charge in [-0.1, -0.05) is 146 Å². The maximum atomic E-state index is 9.37. The summed E-state index contributed by atoms with van der Waals surface area (Å²) in [7, 11) is 0. The van der Waals surface area contributed by atoms with Gasteiger partial charge in [-0.25, -0.2) is 0 Å². The molecule has 0 amide bonds. The molecule has 2 heteroatoms. The highest BCUT2D eigenvalue weighted by molar-refractivity contribution is 6.28. The Morgan fingerprint density at radius 3 is 1.98 bits per heavy atom. The van der Waals surface area contributed by atoms with Crippen molar-refractivity contribution < 1.29 is 0 Å². The Morgan fingerprint density at radius 1 is 0.652 bits per heavy atom. The Hall–Kier alpha value is -5.99. The van der Waals surface area contributed by atoms with Crippen LogP contribution in [0.1, 0.15) is 22.4 Å². The number of nitrogens with one attached hydrogen (secondary N) is 1. The zero-order valence-corrected chi connectivity index (χ0v) is 25.4. The zero-order chi connectivity index (χ0) is 31.0. The van der Waals surface area contributed by atoms with Crippen LogP contribution < -0.4 is 0 Å². The van der Waals surface area contributed by atoms with Gasteiger partial charge in [0.05, 0.1) is 11.2 Å². The number of para-hydroxylation sites is 1. The first kappa shape index (κ1) is 27.6. The van der Waals surface area contributed by atoms with Crippen LogP contribution >= 0.6 is 0 Å². The standard InChI is InChI=1S/C44H32N2/c1-30(32-26-27-35-34-19-9-4-10-24-41(34)46(42(35)29-32)33-17-7-3-8-18-33)25-28-40(45)44-38-22-13-11-20-36(38)43(31-15-5-2-6-16-31)37-21-12-14-23-39(37)44/h2-23,25-29,45H,1,24H2/b28-25-,45-40?. The molecule has 1 N–H and O–H groups in total. The molecule has 0 saturated carbocycles. The second kappa shape index (κ2) is 11.5. The maximum absolute atomic E-state index is 9.37. The quantitative estimate of drug-likeness (QED) is 0.114. The fourth-order valence-electron chi connectivity index (χ4n) is 6.93.